The molecule has 1 aromatic rings. The maximum Gasteiger partial charge on any atom is 0.229 e. The maximum atomic E-state index is 12.1. The third-order valence-electron chi connectivity index (χ3n) is 3.91. The lowest BCUT2D eigenvalue weighted by Gasteiger charge is -2.24. The molecule has 1 fully saturated rings. The monoisotopic (exact) mass is 398 g/mol. The predicted octanol–water partition coefficient (Wildman–Crippen LogP) is 0.0872. The first-order valence-electron chi connectivity index (χ1n) is 8.94. The molecule has 0 spiro atoms. The van der Waals surface area contributed by atoms with E-state index in [9.17, 15) is 18.0 Å². The van der Waals surface area contributed by atoms with E-state index in [0.717, 1.165) is 17.1 Å². The van der Waals surface area contributed by atoms with Crippen LogP contribution in [0.2, 0.25) is 0 Å². The molecule has 0 radical (unpaired) electrons. The summed E-state index contributed by atoms with van der Waals surface area (Å²) >= 11 is 0. The lowest BCUT2D eigenvalue weighted by molar-refractivity contribution is -0.147. The molecule has 1 aliphatic heterocycles. The van der Waals surface area contributed by atoms with Gasteiger partial charge in [0.1, 0.15) is 5.82 Å². The number of anilines is 2. The summed E-state index contributed by atoms with van der Waals surface area (Å²) in [5, 5.41) is 6.06. The number of aromatic nitrogens is 2. The van der Waals surface area contributed by atoms with Crippen molar-refractivity contribution in [1.82, 2.24) is 19.6 Å². The van der Waals surface area contributed by atoms with Gasteiger partial charge in [-0.1, -0.05) is 0 Å². The second-order valence-corrected chi connectivity index (χ2v) is 8.11. The van der Waals surface area contributed by atoms with E-state index in [4.69, 9.17) is 0 Å². The van der Waals surface area contributed by atoms with E-state index in [0.29, 0.717) is 24.7 Å². The van der Waals surface area contributed by atoms with Gasteiger partial charge in [0.25, 0.3) is 0 Å². The molecule has 0 bridgehead atoms. The average Bonchev–Trinajstić information content (AvgIpc) is 2.58. The summed E-state index contributed by atoms with van der Waals surface area (Å²) in [6, 6.07) is 1.82. The van der Waals surface area contributed by atoms with Crippen LogP contribution in [0.1, 0.15) is 31.9 Å². The van der Waals surface area contributed by atoms with Crippen LogP contribution in [0.5, 0.6) is 0 Å². The van der Waals surface area contributed by atoms with Crippen molar-refractivity contribution < 1.29 is 18.0 Å². The fraction of sp³-hybridized carbons (Fsp3) is 0.625. The number of likely N-dealkylation sites (tertiary alicyclic amines) is 1. The first kappa shape index (κ1) is 21.0. The van der Waals surface area contributed by atoms with E-state index in [2.05, 4.69) is 25.3 Å². The number of carbonyl (C=O) groups is 2. The number of aryl methyl sites for hydroxylation is 1. The van der Waals surface area contributed by atoms with Gasteiger partial charge < -0.3 is 10.6 Å². The third kappa shape index (κ3) is 6.75. The molecular formula is C16H26N6O4S. The van der Waals surface area contributed by atoms with Gasteiger partial charge in [0.05, 0.1) is 5.75 Å². The molecule has 1 aromatic heterocycles. The molecule has 150 valence electrons. The van der Waals surface area contributed by atoms with Gasteiger partial charge in [0.2, 0.25) is 27.8 Å². The van der Waals surface area contributed by atoms with Crippen molar-refractivity contribution in [3.63, 3.8) is 0 Å². The molecule has 0 aromatic carbocycles. The summed E-state index contributed by atoms with van der Waals surface area (Å²) in [5.41, 5.74) is 0.792. The van der Waals surface area contributed by atoms with Crippen molar-refractivity contribution in [1.29, 1.82) is 0 Å². The zero-order valence-corrected chi connectivity index (χ0v) is 16.4. The molecule has 11 heteroatoms. The standard InChI is InChI=1S/C16H26N6O4S/c1-3-17-13-11-12(2)20-16(21-13)18-7-8-19-27(25,26)10-9-22-14(23)5-4-6-15(22)24/h11,19H,3-10H2,1-2H3,(H2,17,18,20,21). The minimum Gasteiger partial charge on any atom is -0.370 e. The van der Waals surface area contributed by atoms with Gasteiger partial charge in [0, 0.05) is 50.8 Å². The van der Waals surface area contributed by atoms with Crippen molar-refractivity contribution in [3.05, 3.63) is 11.8 Å². The second kappa shape index (κ2) is 9.60. The Labute approximate surface area is 159 Å². The van der Waals surface area contributed by atoms with Crippen LogP contribution < -0.4 is 15.4 Å². The van der Waals surface area contributed by atoms with Crippen LogP contribution in [0.25, 0.3) is 0 Å². The molecule has 0 atom stereocenters. The van der Waals surface area contributed by atoms with Crippen molar-refractivity contribution in [2.45, 2.75) is 33.1 Å². The molecule has 0 aliphatic carbocycles. The number of nitrogens with zero attached hydrogens (tertiary/aromatic N) is 3. The lowest BCUT2D eigenvalue weighted by Crippen LogP contribution is -2.44. The van der Waals surface area contributed by atoms with Crippen molar-refractivity contribution in [3.8, 4) is 0 Å². The Morgan fingerprint density at radius 3 is 2.48 bits per heavy atom. The molecule has 0 unspecified atom stereocenters. The van der Waals surface area contributed by atoms with Gasteiger partial charge in [-0.15, -0.1) is 0 Å². The fourth-order valence-electron chi connectivity index (χ4n) is 2.63. The van der Waals surface area contributed by atoms with Crippen LogP contribution in [-0.4, -0.2) is 67.0 Å². The highest BCUT2D eigenvalue weighted by atomic mass is 32.2. The minimum atomic E-state index is -3.60. The zero-order chi connectivity index (χ0) is 19.9. The molecule has 0 saturated carbocycles. The quantitative estimate of drug-likeness (QED) is 0.373. The zero-order valence-electron chi connectivity index (χ0n) is 15.6. The largest absolute Gasteiger partial charge is 0.370 e. The van der Waals surface area contributed by atoms with E-state index in [1.807, 2.05) is 19.9 Å². The van der Waals surface area contributed by atoms with Crippen LogP contribution >= 0.6 is 0 Å². The van der Waals surface area contributed by atoms with Gasteiger partial charge in [-0.3, -0.25) is 14.5 Å². The first-order chi connectivity index (χ1) is 12.8. The Morgan fingerprint density at radius 1 is 1.11 bits per heavy atom. The molecule has 2 heterocycles. The lowest BCUT2D eigenvalue weighted by atomic mass is 10.1. The second-order valence-electron chi connectivity index (χ2n) is 6.18. The highest BCUT2D eigenvalue weighted by Crippen LogP contribution is 2.12. The van der Waals surface area contributed by atoms with E-state index >= 15 is 0 Å². The Morgan fingerprint density at radius 2 is 1.81 bits per heavy atom. The number of hydrogen-bond acceptors (Lipinski definition) is 8. The normalized spacial score (nSPS) is 15.1. The average molecular weight is 398 g/mol. The molecule has 1 aliphatic rings. The van der Waals surface area contributed by atoms with Crippen LogP contribution in [-0.2, 0) is 19.6 Å². The summed E-state index contributed by atoms with van der Waals surface area (Å²) in [4.78, 5) is 33.0. The van der Waals surface area contributed by atoms with Gasteiger partial charge in [-0.25, -0.2) is 18.1 Å². The van der Waals surface area contributed by atoms with Crippen molar-refractivity contribution in [2.75, 3.05) is 42.6 Å². The number of hydrogen-bond donors (Lipinski definition) is 3. The Kier molecular flexibility index (Phi) is 7.48. The predicted molar refractivity (Wildman–Crippen MR) is 102 cm³/mol. The van der Waals surface area contributed by atoms with Crippen LogP contribution in [0.4, 0.5) is 11.8 Å². The maximum absolute atomic E-state index is 12.1. The van der Waals surface area contributed by atoms with Gasteiger partial charge in [0.15, 0.2) is 0 Å². The minimum absolute atomic E-state index is 0.118. The Balaban J connectivity index is 1.77. The molecule has 2 amide bonds. The van der Waals surface area contributed by atoms with Gasteiger partial charge in [-0.05, 0) is 20.3 Å². The third-order valence-corrected chi connectivity index (χ3v) is 5.27. The Hall–Kier alpha value is -2.27. The van der Waals surface area contributed by atoms with E-state index < -0.39 is 10.0 Å². The van der Waals surface area contributed by atoms with Crippen molar-refractivity contribution >= 4 is 33.6 Å². The number of carbonyl (C=O) groups excluding carboxylic acids is 2. The van der Waals surface area contributed by atoms with Crippen molar-refractivity contribution in [2.24, 2.45) is 0 Å². The van der Waals surface area contributed by atoms with Crippen LogP contribution in [0.3, 0.4) is 0 Å². The molecule has 1 saturated heterocycles. The molecule has 10 nitrogen and oxygen atoms in total. The summed E-state index contributed by atoms with van der Waals surface area (Å²) in [5.74, 6) is 0.182. The first-order valence-corrected chi connectivity index (χ1v) is 10.6. The van der Waals surface area contributed by atoms with Crippen LogP contribution in [0.15, 0.2) is 6.07 Å². The van der Waals surface area contributed by atoms with E-state index in [1.165, 1.54) is 0 Å². The summed E-state index contributed by atoms with van der Waals surface area (Å²) in [7, 11) is -3.60. The molecule has 27 heavy (non-hydrogen) atoms. The SMILES string of the molecule is CCNc1cc(C)nc(NCCNS(=O)(=O)CCN2C(=O)CCCC2=O)n1. The fourth-order valence-corrected chi connectivity index (χ4v) is 3.61. The molecule has 3 N–H and O–H groups in total. The van der Waals surface area contributed by atoms with Crippen LogP contribution in [0, 0.1) is 6.92 Å². The number of nitrogens with one attached hydrogen (secondary N) is 3. The number of imide groups is 1. The highest BCUT2D eigenvalue weighted by molar-refractivity contribution is 7.89. The Bertz CT molecular complexity index is 767. The summed E-state index contributed by atoms with van der Waals surface area (Å²) in [6.07, 6.45) is 1.10. The number of rotatable bonds is 10. The summed E-state index contributed by atoms with van der Waals surface area (Å²) < 4.78 is 26.6. The number of sulfonamides is 1. The van der Waals surface area contributed by atoms with Gasteiger partial charge >= 0.3 is 0 Å². The number of piperidine rings is 1. The number of amides is 2. The topological polar surface area (TPSA) is 133 Å². The smallest absolute Gasteiger partial charge is 0.229 e. The van der Waals surface area contributed by atoms with Gasteiger partial charge in [-0.2, -0.15) is 4.98 Å². The van der Waals surface area contributed by atoms with E-state index in [-0.39, 0.29) is 43.5 Å². The highest BCUT2D eigenvalue weighted by Gasteiger charge is 2.27. The van der Waals surface area contributed by atoms with E-state index in [1.54, 1.807) is 0 Å². The molecule has 2 rings (SSSR count). The molecular weight excluding hydrogens is 372 g/mol. The summed E-state index contributed by atoms with van der Waals surface area (Å²) in [6.45, 7) is 4.86.